The average molecular weight is 404 g/mol. The van der Waals surface area contributed by atoms with Crippen LogP contribution in [0.3, 0.4) is 0 Å². The molecule has 1 aromatic heterocycles. The van der Waals surface area contributed by atoms with Crippen molar-refractivity contribution in [3.05, 3.63) is 53.9 Å². The van der Waals surface area contributed by atoms with Crippen LogP contribution >= 0.6 is 0 Å². The van der Waals surface area contributed by atoms with Crippen molar-refractivity contribution in [3.8, 4) is 5.75 Å². The molecule has 9 nitrogen and oxygen atoms in total. The first-order valence-electron chi connectivity index (χ1n) is 8.53. The molecule has 1 fully saturated rings. The highest BCUT2D eigenvalue weighted by molar-refractivity contribution is 7.89. The Morgan fingerprint density at radius 2 is 1.71 bits per heavy atom. The Hall–Kier alpha value is -2.98. The topological polar surface area (TPSA) is 123 Å². The van der Waals surface area contributed by atoms with Gasteiger partial charge in [-0.05, 0) is 36.4 Å². The molecule has 28 heavy (non-hydrogen) atoms. The largest absolute Gasteiger partial charge is 0.497 e. The number of hydrogen-bond donors (Lipinski definition) is 1. The van der Waals surface area contributed by atoms with Gasteiger partial charge in [-0.3, -0.25) is 14.6 Å². The minimum absolute atomic E-state index is 0.0965. The van der Waals surface area contributed by atoms with Gasteiger partial charge in [-0.1, -0.05) is 0 Å². The van der Waals surface area contributed by atoms with E-state index in [-0.39, 0.29) is 42.3 Å². The molecule has 10 heteroatoms. The van der Waals surface area contributed by atoms with Gasteiger partial charge in [-0.15, -0.1) is 0 Å². The summed E-state index contributed by atoms with van der Waals surface area (Å²) in [6.45, 7) is 0.682. The fourth-order valence-electron chi connectivity index (χ4n) is 2.97. The van der Waals surface area contributed by atoms with Crippen molar-refractivity contribution in [2.75, 3.05) is 33.3 Å². The van der Waals surface area contributed by atoms with Gasteiger partial charge in [0.05, 0.1) is 17.6 Å². The van der Waals surface area contributed by atoms with Gasteiger partial charge >= 0.3 is 0 Å². The van der Waals surface area contributed by atoms with Crippen molar-refractivity contribution in [1.82, 2.24) is 14.2 Å². The number of pyridine rings is 1. The van der Waals surface area contributed by atoms with E-state index in [1.165, 1.54) is 40.7 Å². The molecule has 148 valence electrons. The third-order valence-corrected chi connectivity index (χ3v) is 6.41. The van der Waals surface area contributed by atoms with E-state index in [1.54, 1.807) is 18.2 Å². The van der Waals surface area contributed by atoms with Crippen molar-refractivity contribution >= 4 is 21.8 Å². The van der Waals surface area contributed by atoms with Gasteiger partial charge < -0.3 is 15.4 Å². The quantitative estimate of drug-likeness (QED) is 0.766. The summed E-state index contributed by atoms with van der Waals surface area (Å²) in [5.41, 5.74) is 5.29. The molecule has 0 aliphatic carbocycles. The summed E-state index contributed by atoms with van der Waals surface area (Å²) in [5, 5.41) is 0. The smallest absolute Gasteiger partial charge is 0.268 e. The molecule has 1 aliphatic rings. The highest BCUT2D eigenvalue weighted by Gasteiger charge is 2.31. The first-order valence-corrected chi connectivity index (χ1v) is 9.97. The van der Waals surface area contributed by atoms with Gasteiger partial charge in [0.25, 0.3) is 11.8 Å². The lowest BCUT2D eigenvalue weighted by Gasteiger charge is -2.34. The minimum Gasteiger partial charge on any atom is -0.497 e. The number of nitrogens with zero attached hydrogens (tertiary/aromatic N) is 3. The lowest BCUT2D eigenvalue weighted by Crippen LogP contribution is -2.50. The zero-order valence-corrected chi connectivity index (χ0v) is 16.1. The van der Waals surface area contributed by atoms with Crippen LogP contribution in [0.1, 0.15) is 20.8 Å². The molecule has 0 radical (unpaired) electrons. The van der Waals surface area contributed by atoms with E-state index in [4.69, 9.17) is 10.5 Å². The molecule has 2 aromatic rings. The first-order chi connectivity index (χ1) is 13.3. The molecule has 3 rings (SSSR count). The summed E-state index contributed by atoms with van der Waals surface area (Å²) in [4.78, 5) is 29.7. The van der Waals surface area contributed by atoms with Crippen LogP contribution in [0.2, 0.25) is 0 Å². The molecular formula is C18H20N4O5S. The van der Waals surface area contributed by atoms with E-state index in [9.17, 15) is 18.0 Å². The Bertz CT molecular complexity index is 983. The van der Waals surface area contributed by atoms with Crippen molar-refractivity contribution < 1.29 is 22.7 Å². The predicted molar refractivity (Wildman–Crippen MR) is 100 cm³/mol. The van der Waals surface area contributed by atoms with Gasteiger partial charge in [-0.2, -0.15) is 4.31 Å². The summed E-state index contributed by atoms with van der Waals surface area (Å²) in [5.74, 6) is -0.621. The summed E-state index contributed by atoms with van der Waals surface area (Å²) >= 11 is 0. The number of amides is 2. The molecule has 0 bridgehead atoms. The van der Waals surface area contributed by atoms with Crippen LogP contribution < -0.4 is 10.5 Å². The number of aromatic nitrogens is 1. The second-order valence-corrected chi connectivity index (χ2v) is 8.07. The van der Waals surface area contributed by atoms with E-state index < -0.39 is 21.8 Å². The van der Waals surface area contributed by atoms with Crippen LogP contribution in [0.15, 0.2) is 47.5 Å². The number of benzene rings is 1. The number of primary amides is 1. The van der Waals surface area contributed by atoms with Crippen LogP contribution in [-0.4, -0.2) is 67.7 Å². The Morgan fingerprint density at radius 3 is 2.29 bits per heavy atom. The van der Waals surface area contributed by atoms with Gasteiger partial charge in [0.2, 0.25) is 10.0 Å². The van der Waals surface area contributed by atoms with Crippen molar-refractivity contribution in [2.24, 2.45) is 5.73 Å². The number of piperazine rings is 1. The van der Waals surface area contributed by atoms with E-state index in [0.717, 1.165) is 0 Å². The fourth-order valence-corrected chi connectivity index (χ4v) is 4.40. The highest BCUT2D eigenvalue weighted by atomic mass is 32.2. The minimum atomic E-state index is -3.67. The second-order valence-electron chi connectivity index (χ2n) is 6.14. The Labute approximate surface area is 162 Å². The highest BCUT2D eigenvalue weighted by Crippen LogP contribution is 2.21. The van der Waals surface area contributed by atoms with Gasteiger partial charge in [0, 0.05) is 32.4 Å². The Morgan fingerprint density at radius 1 is 1.07 bits per heavy atom. The van der Waals surface area contributed by atoms with Gasteiger partial charge in [0.15, 0.2) is 0 Å². The van der Waals surface area contributed by atoms with E-state index in [2.05, 4.69) is 4.98 Å². The molecule has 1 aliphatic heterocycles. The van der Waals surface area contributed by atoms with E-state index in [0.29, 0.717) is 5.75 Å². The zero-order valence-electron chi connectivity index (χ0n) is 15.2. The molecule has 0 spiro atoms. The van der Waals surface area contributed by atoms with E-state index in [1.807, 2.05) is 0 Å². The molecule has 0 saturated carbocycles. The lowest BCUT2D eigenvalue weighted by atomic mass is 10.1. The van der Waals surface area contributed by atoms with Gasteiger partial charge in [0.1, 0.15) is 11.4 Å². The molecule has 2 heterocycles. The lowest BCUT2D eigenvalue weighted by molar-refractivity contribution is 0.0693. The van der Waals surface area contributed by atoms with Gasteiger partial charge in [-0.25, -0.2) is 8.42 Å². The van der Waals surface area contributed by atoms with Crippen LogP contribution in [0.4, 0.5) is 0 Å². The monoisotopic (exact) mass is 404 g/mol. The molecule has 2 N–H and O–H groups in total. The molecule has 1 saturated heterocycles. The van der Waals surface area contributed by atoms with Crippen LogP contribution in [0, 0.1) is 0 Å². The Kier molecular flexibility index (Phi) is 5.61. The third-order valence-electron chi connectivity index (χ3n) is 4.49. The Balaban J connectivity index is 1.72. The number of carbonyl (C=O) groups is 2. The van der Waals surface area contributed by atoms with Crippen LogP contribution in [-0.2, 0) is 10.0 Å². The average Bonchev–Trinajstić information content (AvgIpc) is 2.73. The maximum Gasteiger partial charge on any atom is 0.268 e. The maximum atomic E-state index is 12.8. The van der Waals surface area contributed by atoms with Crippen LogP contribution in [0.25, 0.3) is 0 Å². The molecular weight excluding hydrogens is 384 g/mol. The molecule has 0 atom stereocenters. The summed E-state index contributed by atoms with van der Waals surface area (Å²) in [6.07, 6.45) is 1.39. The van der Waals surface area contributed by atoms with Crippen molar-refractivity contribution in [3.63, 3.8) is 0 Å². The standard InChI is InChI=1S/C18H20N4O5S/c1-27-13-4-6-14(7-5-13)28(25,26)22-11-9-21(10-12-22)18(24)15-3-2-8-20-16(15)17(19)23/h2-8H,9-12H2,1H3,(H2,19,23). The second kappa shape index (κ2) is 7.95. The number of ether oxygens (including phenoxy) is 1. The van der Waals surface area contributed by atoms with Crippen molar-refractivity contribution in [2.45, 2.75) is 4.90 Å². The number of carbonyl (C=O) groups excluding carboxylic acids is 2. The molecule has 2 amide bonds. The summed E-state index contributed by atoms with van der Waals surface area (Å²) in [6, 6.07) is 9.17. The summed E-state index contributed by atoms with van der Waals surface area (Å²) in [7, 11) is -2.16. The normalized spacial score (nSPS) is 15.2. The first kappa shape index (κ1) is 19.8. The van der Waals surface area contributed by atoms with Crippen molar-refractivity contribution in [1.29, 1.82) is 0 Å². The molecule has 1 aromatic carbocycles. The summed E-state index contributed by atoms with van der Waals surface area (Å²) < 4.78 is 32.0. The fraction of sp³-hybridized carbons (Fsp3) is 0.278. The van der Waals surface area contributed by atoms with Crippen LogP contribution in [0.5, 0.6) is 5.75 Å². The predicted octanol–water partition coefficient (Wildman–Crippen LogP) is 0.336. The number of rotatable bonds is 5. The number of hydrogen-bond acceptors (Lipinski definition) is 6. The maximum absolute atomic E-state index is 12.8. The number of sulfonamides is 1. The number of nitrogens with two attached hydrogens (primary N) is 1. The third kappa shape index (κ3) is 3.82. The van der Waals surface area contributed by atoms with E-state index >= 15 is 0 Å². The number of methoxy groups -OCH3 is 1. The molecule has 0 unspecified atom stereocenters. The SMILES string of the molecule is COc1ccc(S(=O)(=O)N2CCN(C(=O)c3cccnc3C(N)=O)CC2)cc1. The zero-order chi connectivity index (χ0) is 20.3.